The second-order valence-electron chi connectivity index (χ2n) is 8.50. The quantitative estimate of drug-likeness (QED) is 0.390. The summed E-state index contributed by atoms with van der Waals surface area (Å²) in [6.45, 7) is 0. The smallest absolute Gasteiger partial charge is 0.320 e. The molecule has 1 saturated carbocycles. The molecule has 5 heterocycles. The maximum atomic E-state index is 13.8. The molecule has 1 N–H and O–H groups in total. The summed E-state index contributed by atoms with van der Waals surface area (Å²) in [5.74, 6) is -0.994. The molecule has 186 valence electrons. The van der Waals surface area contributed by atoms with Crippen LogP contribution < -0.4 is 10.9 Å². The lowest BCUT2D eigenvalue weighted by molar-refractivity contribution is -0.137. The Bertz CT molecular complexity index is 1700. The zero-order valence-corrected chi connectivity index (χ0v) is 18.9. The van der Waals surface area contributed by atoms with Crippen LogP contribution in [0.1, 0.15) is 40.4 Å². The van der Waals surface area contributed by atoms with Gasteiger partial charge in [-0.1, -0.05) is 0 Å². The highest BCUT2D eigenvalue weighted by Crippen LogP contribution is 2.43. The molecule has 0 spiro atoms. The molecule has 37 heavy (non-hydrogen) atoms. The Morgan fingerprint density at radius 3 is 2.59 bits per heavy atom. The molecule has 6 rings (SSSR count). The fourth-order valence-electron chi connectivity index (χ4n) is 4.20. The predicted molar refractivity (Wildman–Crippen MR) is 125 cm³/mol. The molecule has 10 nitrogen and oxygen atoms in total. The SMILES string of the molecule is O=C(Nc1cnc(-n2cccn2)c(C(F)(F)F)c1)c1cnn(-c2cccn3c(=O)ccnc23)c1C1CC1. The van der Waals surface area contributed by atoms with E-state index in [1.54, 1.807) is 23.0 Å². The second kappa shape index (κ2) is 8.40. The first-order valence-electron chi connectivity index (χ1n) is 11.2. The molecular formula is C24H17F3N8O2. The maximum Gasteiger partial charge on any atom is 0.420 e. The van der Waals surface area contributed by atoms with Crippen LogP contribution in [0, 0.1) is 0 Å². The summed E-state index contributed by atoms with van der Waals surface area (Å²) in [5, 5.41) is 10.7. The van der Waals surface area contributed by atoms with Gasteiger partial charge in [0.2, 0.25) is 0 Å². The topological polar surface area (TPSA) is 112 Å². The molecule has 5 aromatic heterocycles. The standard InChI is InChI=1S/C24H17F3N8O2/c25-24(26,27)17-11-15(12-29-21(17)34-10-2-7-30-34)32-23(37)16-13-31-35(20(16)14-4-5-14)18-3-1-9-33-19(36)6-8-28-22(18)33/h1-3,6-14H,4-5H2,(H,32,37). The van der Waals surface area contributed by atoms with Crippen molar-refractivity contribution < 1.29 is 18.0 Å². The van der Waals surface area contributed by atoms with E-state index >= 15 is 0 Å². The van der Waals surface area contributed by atoms with Gasteiger partial charge < -0.3 is 5.32 Å². The molecule has 1 aliphatic rings. The number of hydrogen-bond acceptors (Lipinski definition) is 6. The van der Waals surface area contributed by atoms with E-state index in [0.717, 1.165) is 29.8 Å². The minimum absolute atomic E-state index is 0.0324. The van der Waals surface area contributed by atoms with Gasteiger partial charge in [0, 0.05) is 36.8 Å². The van der Waals surface area contributed by atoms with Crippen molar-refractivity contribution in [1.29, 1.82) is 0 Å². The van der Waals surface area contributed by atoms with Crippen LogP contribution >= 0.6 is 0 Å². The number of anilines is 1. The average Bonchev–Trinajstić information content (AvgIpc) is 3.37. The maximum absolute atomic E-state index is 13.8. The van der Waals surface area contributed by atoms with Crippen LogP contribution in [-0.2, 0) is 6.18 Å². The average molecular weight is 506 g/mol. The van der Waals surface area contributed by atoms with Gasteiger partial charge in [0.1, 0.15) is 11.3 Å². The monoisotopic (exact) mass is 506 g/mol. The van der Waals surface area contributed by atoms with Gasteiger partial charge in [0.05, 0.1) is 29.3 Å². The van der Waals surface area contributed by atoms with Crippen LogP contribution in [0.4, 0.5) is 18.9 Å². The number of alkyl halides is 3. The summed E-state index contributed by atoms with van der Waals surface area (Å²) in [6.07, 6.45) is 5.10. The zero-order valence-electron chi connectivity index (χ0n) is 18.9. The number of hydrogen-bond donors (Lipinski definition) is 1. The lowest BCUT2D eigenvalue weighted by atomic mass is 10.1. The van der Waals surface area contributed by atoms with Gasteiger partial charge in [0.15, 0.2) is 11.5 Å². The number of fused-ring (bicyclic) bond motifs is 1. The van der Waals surface area contributed by atoms with E-state index in [-0.39, 0.29) is 22.7 Å². The van der Waals surface area contributed by atoms with E-state index in [1.807, 2.05) is 0 Å². The summed E-state index contributed by atoms with van der Waals surface area (Å²) < 4.78 is 45.3. The number of pyridine rings is 2. The number of nitrogens with one attached hydrogen (secondary N) is 1. The van der Waals surface area contributed by atoms with Crippen molar-refractivity contribution in [3.8, 4) is 11.5 Å². The van der Waals surface area contributed by atoms with Crippen molar-refractivity contribution in [3.05, 3.63) is 94.7 Å². The number of carbonyl (C=O) groups excluding carboxylic acids is 1. The largest absolute Gasteiger partial charge is 0.420 e. The van der Waals surface area contributed by atoms with E-state index in [0.29, 0.717) is 17.0 Å². The lowest BCUT2D eigenvalue weighted by Gasteiger charge is -2.14. The molecule has 1 amide bonds. The highest BCUT2D eigenvalue weighted by atomic mass is 19.4. The molecule has 1 fully saturated rings. The molecule has 0 aromatic carbocycles. The van der Waals surface area contributed by atoms with Crippen LogP contribution in [0.5, 0.6) is 0 Å². The highest BCUT2D eigenvalue weighted by Gasteiger charge is 2.36. The van der Waals surface area contributed by atoms with Crippen LogP contribution in [0.2, 0.25) is 0 Å². The second-order valence-corrected chi connectivity index (χ2v) is 8.50. The number of halogens is 3. The first-order chi connectivity index (χ1) is 17.8. The summed E-state index contributed by atoms with van der Waals surface area (Å²) in [4.78, 5) is 33.7. The van der Waals surface area contributed by atoms with E-state index in [9.17, 15) is 22.8 Å². The molecule has 0 saturated heterocycles. The van der Waals surface area contributed by atoms with E-state index in [1.165, 1.54) is 41.3 Å². The number of amides is 1. The molecule has 5 aromatic rings. The van der Waals surface area contributed by atoms with Gasteiger partial charge in [-0.15, -0.1) is 0 Å². The Hall–Kier alpha value is -4.81. The highest BCUT2D eigenvalue weighted by molar-refractivity contribution is 6.05. The van der Waals surface area contributed by atoms with Crippen LogP contribution in [0.25, 0.3) is 17.2 Å². The molecule has 0 atom stereocenters. The van der Waals surface area contributed by atoms with Crippen molar-refractivity contribution in [1.82, 2.24) is 33.9 Å². The zero-order chi connectivity index (χ0) is 25.7. The van der Waals surface area contributed by atoms with E-state index in [2.05, 4.69) is 25.5 Å². The van der Waals surface area contributed by atoms with Gasteiger partial charge in [0.25, 0.3) is 11.5 Å². The normalized spacial score (nSPS) is 13.7. The Labute approximate surface area is 206 Å². The third-order valence-corrected chi connectivity index (χ3v) is 5.99. The minimum Gasteiger partial charge on any atom is -0.320 e. The van der Waals surface area contributed by atoms with Gasteiger partial charge >= 0.3 is 6.18 Å². The summed E-state index contributed by atoms with van der Waals surface area (Å²) in [5.41, 5.74) is 0.247. The van der Waals surface area contributed by atoms with Crippen LogP contribution in [-0.4, -0.2) is 39.8 Å². The molecule has 0 radical (unpaired) electrons. The Balaban J connectivity index is 1.38. The summed E-state index contributed by atoms with van der Waals surface area (Å²) >= 11 is 0. The Morgan fingerprint density at radius 1 is 1.03 bits per heavy atom. The lowest BCUT2D eigenvalue weighted by Crippen LogP contribution is -2.18. The van der Waals surface area contributed by atoms with Crippen molar-refractivity contribution >= 4 is 17.2 Å². The number of aromatic nitrogens is 7. The van der Waals surface area contributed by atoms with Gasteiger partial charge in [-0.2, -0.15) is 23.4 Å². The van der Waals surface area contributed by atoms with Crippen molar-refractivity contribution in [2.24, 2.45) is 0 Å². The van der Waals surface area contributed by atoms with E-state index < -0.39 is 23.5 Å². The summed E-state index contributed by atoms with van der Waals surface area (Å²) in [7, 11) is 0. The van der Waals surface area contributed by atoms with Gasteiger partial charge in [-0.05, 0) is 37.1 Å². The third kappa shape index (κ3) is 4.03. The minimum atomic E-state index is -4.72. The molecule has 0 aliphatic heterocycles. The first kappa shape index (κ1) is 22.6. The third-order valence-electron chi connectivity index (χ3n) is 5.99. The van der Waals surface area contributed by atoms with Crippen LogP contribution in [0.15, 0.2) is 72.3 Å². The Morgan fingerprint density at radius 2 is 1.86 bits per heavy atom. The number of rotatable bonds is 5. The molecule has 0 unspecified atom stereocenters. The van der Waals surface area contributed by atoms with Crippen molar-refractivity contribution in [2.45, 2.75) is 24.9 Å². The predicted octanol–water partition coefficient (Wildman–Crippen LogP) is 3.61. The summed E-state index contributed by atoms with van der Waals surface area (Å²) in [6, 6.07) is 7.05. The fraction of sp³-hybridized carbons (Fsp3) is 0.167. The van der Waals surface area contributed by atoms with Crippen molar-refractivity contribution in [2.75, 3.05) is 5.32 Å². The molecule has 0 bridgehead atoms. The first-order valence-corrected chi connectivity index (χ1v) is 11.2. The van der Waals surface area contributed by atoms with Crippen LogP contribution in [0.3, 0.4) is 0 Å². The fourth-order valence-corrected chi connectivity index (χ4v) is 4.20. The number of carbonyl (C=O) groups is 1. The molecule has 13 heteroatoms. The van der Waals surface area contributed by atoms with E-state index in [4.69, 9.17) is 0 Å². The van der Waals surface area contributed by atoms with Crippen molar-refractivity contribution in [3.63, 3.8) is 0 Å². The molecule has 1 aliphatic carbocycles. The Kier molecular flexibility index (Phi) is 5.14. The number of nitrogens with zero attached hydrogens (tertiary/aromatic N) is 7. The van der Waals surface area contributed by atoms with Gasteiger partial charge in [-0.25, -0.2) is 19.3 Å². The van der Waals surface area contributed by atoms with Gasteiger partial charge in [-0.3, -0.25) is 14.0 Å². The molecular weight excluding hydrogens is 489 g/mol.